The number of hydrazone groups is 1. The zero-order valence-electron chi connectivity index (χ0n) is 15.7. The van der Waals surface area contributed by atoms with Crippen LogP contribution >= 0.6 is 23.1 Å². The summed E-state index contributed by atoms with van der Waals surface area (Å²) in [5.41, 5.74) is 0.913. The van der Waals surface area contributed by atoms with E-state index in [0.29, 0.717) is 17.6 Å². The van der Waals surface area contributed by atoms with Gasteiger partial charge in [-0.25, -0.2) is 9.69 Å². The van der Waals surface area contributed by atoms with Gasteiger partial charge in [-0.2, -0.15) is 5.10 Å². The monoisotopic (exact) mass is 428 g/mol. The van der Waals surface area contributed by atoms with Gasteiger partial charge in [-0.1, -0.05) is 30.7 Å². The number of thioether (sulfide) groups is 1. The molecule has 0 aromatic carbocycles. The van der Waals surface area contributed by atoms with Gasteiger partial charge in [0.25, 0.3) is 5.91 Å². The van der Waals surface area contributed by atoms with Crippen molar-refractivity contribution in [3.63, 3.8) is 0 Å². The van der Waals surface area contributed by atoms with Gasteiger partial charge < -0.3 is 4.42 Å². The number of tetrazole rings is 1. The highest BCUT2D eigenvalue weighted by atomic mass is 32.2. The molecule has 3 aromatic heterocycles. The molecule has 4 heterocycles. The Morgan fingerprint density at radius 2 is 2.17 bits per heavy atom. The quantitative estimate of drug-likeness (QED) is 0.553. The molecule has 29 heavy (non-hydrogen) atoms. The Balaban J connectivity index is 1.32. The summed E-state index contributed by atoms with van der Waals surface area (Å²) in [7, 11) is 0. The summed E-state index contributed by atoms with van der Waals surface area (Å²) in [5, 5.41) is 21.0. The van der Waals surface area contributed by atoms with Crippen molar-refractivity contribution in [3.8, 4) is 0 Å². The van der Waals surface area contributed by atoms with Crippen LogP contribution < -0.4 is 0 Å². The van der Waals surface area contributed by atoms with Gasteiger partial charge in [-0.3, -0.25) is 4.79 Å². The molecule has 8 nitrogen and oxygen atoms in total. The molecule has 1 aliphatic heterocycles. The van der Waals surface area contributed by atoms with Gasteiger partial charge in [0.2, 0.25) is 5.16 Å². The number of aromatic nitrogens is 4. The van der Waals surface area contributed by atoms with Crippen molar-refractivity contribution in [1.29, 1.82) is 0 Å². The summed E-state index contributed by atoms with van der Waals surface area (Å²) in [6.45, 7) is 0. The van der Waals surface area contributed by atoms with E-state index in [0.717, 1.165) is 29.2 Å². The minimum absolute atomic E-state index is 0.0797. The second-order valence-electron chi connectivity index (χ2n) is 7.13. The Labute approximate surface area is 176 Å². The standard InChI is InChI=1S/C19H20N6O2S2/c26-18(12-29-19-20-22-23-24(19)13-5-1-2-6-13)25-15(16-7-3-9-27-16)11-14(21-25)17-8-4-10-28-17/h3-4,7-10,13,15H,1-2,5-6,11-12H2. The second-order valence-corrected chi connectivity index (χ2v) is 9.02. The first-order valence-corrected chi connectivity index (χ1v) is 11.5. The fourth-order valence-corrected chi connectivity index (χ4v) is 5.40. The van der Waals surface area contributed by atoms with Crippen molar-refractivity contribution < 1.29 is 9.21 Å². The molecular weight excluding hydrogens is 408 g/mol. The lowest BCUT2D eigenvalue weighted by molar-refractivity contribution is -0.130. The summed E-state index contributed by atoms with van der Waals surface area (Å²) in [6.07, 6.45) is 6.86. The lowest BCUT2D eigenvalue weighted by atomic mass is 10.1. The summed E-state index contributed by atoms with van der Waals surface area (Å²) >= 11 is 3.00. The average molecular weight is 429 g/mol. The molecule has 2 aliphatic rings. The van der Waals surface area contributed by atoms with Gasteiger partial charge in [0, 0.05) is 6.42 Å². The molecule has 10 heteroatoms. The molecule has 1 saturated carbocycles. The van der Waals surface area contributed by atoms with E-state index in [1.54, 1.807) is 22.6 Å². The third kappa shape index (κ3) is 3.74. The summed E-state index contributed by atoms with van der Waals surface area (Å²) < 4.78 is 7.47. The molecule has 3 aromatic rings. The second kappa shape index (κ2) is 8.11. The van der Waals surface area contributed by atoms with Crippen LogP contribution in [0.1, 0.15) is 54.8 Å². The zero-order valence-corrected chi connectivity index (χ0v) is 17.3. The normalized spacial score (nSPS) is 19.8. The smallest absolute Gasteiger partial charge is 0.253 e. The van der Waals surface area contributed by atoms with Crippen LogP contribution in [0, 0.1) is 0 Å². The Morgan fingerprint density at radius 1 is 1.28 bits per heavy atom. The molecular formula is C19H20N6O2S2. The van der Waals surface area contributed by atoms with Gasteiger partial charge in [0.15, 0.2) is 0 Å². The average Bonchev–Trinajstić information content (AvgIpc) is 3.56. The van der Waals surface area contributed by atoms with E-state index in [1.807, 2.05) is 34.3 Å². The fourth-order valence-electron chi connectivity index (χ4n) is 3.89. The van der Waals surface area contributed by atoms with Crippen LogP contribution in [-0.2, 0) is 4.79 Å². The Bertz CT molecular complexity index is 992. The van der Waals surface area contributed by atoms with E-state index < -0.39 is 0 Å². The fraction of sp³-hybridized carbons (Fsp3) is 0.421. The Kier molecular flexibility index (Phi) is 5.19. The molecule has 0 saturated heterocycles. The zero-order chi connectivity index (χ0) is 19.6. The van der Waals surface area contributed by atoms with Crippen LogP contribution in [0.3, 0.4) is 0 Å². The number of carbonyl (C=O) groups excluding carboxylic acids is 1. The molecule has 0 bridgehead atoms. The SMILES string of the molecule is O=C(CSc1nnnn1C1CCCC1)N1N=C(c2cccs2)CC1c1ccco1. The van der Waals surface area contributed by atoms with Crippen molar-refractivity contribution in [1.82, 2.24) is 25.2 Å². The number of nitrogens with zero attached hydrogens (tertiary/aromatic N) is 6. The molecule has 0 N–H and O–H groups in total. The van der Waals surface area contributed by atoms with Crippen molar-refractivity contribution in [3.05, 3.63) is 46.5 Å². The molecule has 150 valence electrons. The number of thiophene rings is 1. The maximum Gasteiger partial charge on any atom is 0.253 e. The van der Waals surface area contributed by atoms with E-state index in [1.165, 1.54) is 24.6 Å². The van der Waals surface area contributed by atoms with Crippen LogP contribution in [0.15, 0.2) is 50.6 Å². The lowest BCUT2D eigenvalue weighted by Gasteiger charge is -2.19. The molecule has 1 amide bonds. The highest BCUT2D eigenvalue weighted by Crippen LogP contribution is 2.35. The first-order chi connectivity index (χ1) is 14.3. The van der Waals surface area contributed by atoms with Gasteiger partial charge in [0.1, 0.15) is 11.8 Å². The molecule has 0 spiro atoms. The van der Waals surface area contributed by atoms with Gasteiger partial charge >= 0.3 is 0 Å². The Morgan fingerprint density at radius 3 is 2.93 bits per heavy atom. The van der Waals surface area contributed by atoms with Gasteiger partial charge in [-0.15, -0.1) is 16.4 Å². The van der Waals surface area contributed by atoms with E-state index >= 15 is 0 Å². The van der Waals surface area contributed by atoms with Crippen LogP contribution in [-0.4, -0.2) is 42.6 Å². The molecule has 1 fully saturated rings. The number of carbonyl (C=O) groups is 1. The van der Waals surface area contributed by atoms with Crippen LogP contribution in [0.25, 0.3) is 0 Å². The number of hydrogen-bond donors (Lipinski definition) is 0. The van der Waals surface area contributed by atoms with Crippen molar-refractivity contribution >= 4 is 34.7 Å². The summed E-state index contributed by atoms with van der Waals surface area (Å²) in [6, 6.07) is 7.88. The minimum Gasteiger partial charge on any atom is -0.467 e. The molecule has 0 radical (unpaired) electrons. The lowest BCUT2D eigenvalue weighted by Crippen LogP contribution is -2.28. The minimum atomic E-state index is -0.221. The van der Waals surface area contributed by atoms with E-state index in [-0.39, 0.29) is 17.7 Å². The maximum atomic E-state index is 13.1. The number of furan rings is 1. The van der Waals surface area contributed by atoms with Crippen LogP contribution in [0.4, 0.5) is 0 Å². The number of rotatable bonds is 6. The first-order valence-electron chi connectivity index (χ1n) is 9.67. The summed E-state index contributed by atoms with van der Waals surface area (Å²) in [4.78, 5) is 14.2. The van der Waals surface area contributed by atoms with Crippen LogP contribution in [0.5, 0.6) is 0 Å². The highest BCUT2D eigenvalue weighted by Gasteiger charge is 2.35. The predicted octanol–water partition coefficient (Wildman–Crippen LogP) is 3.91. The van der Waals surface area contributed by atoms with Crippen LogP contribution in [0.2, 0.25) is 0 Å². The number of hydrogen-bond acceptors (Lipinski definition) is 8. The molecule has 1 atom stereocenters. The largest absolute Gasteiger partial charge is 0.467 e. The van der Waals surface area contributed by atoms with Gasteiger partial charge in [0.05, 0.1) is 28.6 Å². The van der Waals surface area contributed by atoms with Crippen molar-refractivity contribution in [2.24, 2.45) is 5.10 Å². The molecule has 1 aliphatic carbocycles. The first kappa shape index (κ1) is 18.6. The van der Waals surface area contributed by atoms with Gasteiger partial charge in [-0.05, 0) is 46.8 Å². The third-order valence-electron chi connectivity index (χ3n) is 5.30. The maximum absolute atomic E-state index is 13.1. The van der Waals surface area contributed by atoms with E-state index in [9.17, 15) is 4.79 Å². The molecule has 1 unspecified atom stereocenters. The summed E-state index contributed by atoms with van der Waals surface area (Å²) in [5.74, 6) is 0.893. The van der Waals surface area contributed by atoms with Crippen molar-refractivity contribution in [2.45, 2.75) is 49.3 Å². The topological polar surface area (TPSA) is 89.4 Å². The van der Waals surface area contributed by atoms with E-state index in [4.69, 9.17) is 4.42 Å². The predicted molar refractivity (Wildman–Crippen MR) is 110 cm³/mol. The third-order valence-corrected chi connectivity index (χ3v) is 7.14. The number of amides is 1. The highest BCUT2D eigenvalue weighted by molar-refractivity contribution is 7.99. The van der Waals surface area contributed by atoms with Crippen molar-refractivity contribution in [2.75, 3.05) is 5.75 Å². The molecule has 5 rings (SSSR count). The van der Waals surface area contributed by atoms with E-state index in [2.05, 4.69) is 20.6 Å². The Hall–Kier alpha value is -2.46.